The van der Waals surface area contributed by atoms with Crippen molar-refractivity contribution in [2.24, 2.45) is 0 Å². The molecular weight excluding hydrogens is 373 g/mol. The Morgan fingerprint density at radius 1 is 1.35 bits per heavy atom. The minimum Gasteiger partial charge on any atom is -0.383 e. The molecule has 0 aliphatic heterocycles. The summed E-state index contributed by atoms with van der Waals surface area (Å²) < 4.78 is 24.0. The number of sulfone groups is 1. The molecule has 0 aliphatic rings. The largest absolute Gasteiger partial charge is 0.383 e. The summed E-state index contributed by atoms with van der Waals surface area (Å²) in [6.45, 7) is 2.30. The lowest BCUT2D eigenvalue weighted by atomic mass is 10.3. The topological polar surface area (TPSA) is 46.2 Å². The van der Waals surface area contributed by atoms with Crippen LogP contribution in [-0.4, -0.2) is 26.5 Å². The molecule has 0 atom stereocenters. The van der Waals surface area contributed by atoms with E-state index in [4.69, 9.17) is 11.6 Å². The third kappa shape index (κ3) is 5.44. The fraction of sp³-hybridized carbons (Fsp3) is 0.455. The van der Waals surface area contributed by atoms with Crippen LogP contribution >= 0.6 is 34.2 Å². The maximum Gasteiger partial charge on any atom is 0.152 e. The summed E-state index contributed by atoms with van der Waals surface area (Å²) in [5.74, 6) is 0.423. The summed E-state index contributed by atoms with van der Waals surface area (Å²) in [4.78, 5) is 0. The van der Waals surface area contributed by atoms with Crippen LogP contribution in [0.15, 0.2) is 18.2 Å². The molecule has 0 aliphatic carbocycles. The molecule has 17 heavy (non-hydrogen) atoms. The van der Waals surface area contributed by atoms with Crippen LogP contribution in [0, 0.1) is 3.57 Å². The van der Waals surface area contributed by atoms with E-state index >= 15 is 0 Å². The molecule has 6 heteroatoms. The number of hydrogen-bond acceptors (Lipinski definition) is 3. The predicted octanol–water partition coefficient (Wildman–Crippen LogP) is 3.18. The number of hydrogen-bond donors (Lipinski definition) is 1. The Hall–Kier alpha value is -0.0100. The third-order valence-corrected chi connectivity index (χ3v) is 5.16. The molecule has 0 aromatic heterocycles. The van der Waals surface area contributed by atoms with Crippen molar-refractivity contribution in [3.8, 4) is 0 Å². The number of anilines is 1. The van der Waals surface area contributed by atoms with Crippen LogP contribution in [0.25, 0.3) is 0 Å². The van der Waals surface area contributed by atoms with Gasteiger partial charge in [-0.1, -0.05) is 18.5 Å². The van der Waals surface area contributed by atoms with Crippen molar-refractivity contribution < 1.29 is 8.42 Å². The zero-order valence-corrected chi connectivity index (χ0v) is 13.3. The molecule has 0 bridgehead atoms. The van der Waals surface area contributed by atoms with E-state index in [1.165, 1.54) is 0 Å². The molecule has 1 aromatic carbocycles. The van der Waals surface area contributed by atoms with Crippen molar-refractivity contribution >= 4 is 49.7 Å². The smallest absolute Gasteiger partial charge is 0.152 e. The lowest BCUT2D eigenvalue weighted by Crippen LogP contribution is -2.18. The van der Waals surface area contributed by atoms with Gasteiger partial charge in [0.05, 0.1) is 5.75 Å². The van der Waals surface area contributed by atoms with Crippen LogP contribution in [0.2, 0.25) is 5.02 Å². The molecule has 1 rings (SSSR count). The summed E-state index contributed by atoms with van der Waals surface area (Å²) in [6, 6.07) is 5.48. The van der Waals surface area contributed by atoms with Gasteiger partial charge < -0.3 is 5.32 Å². The fourth-order valence-electron chi connectivity index (χ4n) is 1.39. The van der Waals surface area contributed by atoms with Crippen LogP contribution in [-0.2, 0) is 9.84 Å². The lowest BCUT2D eigenvalue weighted by Gasteiger charge is -2.09. The molecule has 0 fully saturated rings. The molecule has 0 saturated carbocycles. The van der Waals surface area contributed by atoms with Crippen molar-refractivity contribution in [3.63, 3.8) is 0 Å². The van der Waals surface area contributed by atoms with Crippen LogP contribution in [0.1, 0.15) is 13.3 Å². The Labute approximate surface area is 121 Å². The molecule has 1 aromatic rings. The van der Waals surface area contributed by atoms with Gasteiger partial charge in [-0.05, 0) is 47.2 Å². The van der Waals surface area contributed by atoms with Gasteiger partial charge in [-0.25, -0.2) is 8.42 Å². The highest BCUT2D eigenvalue weighted by Gasteiger charge is 2.09. The normalized spacial score (nSPS) is 11.5. The summed E-state index contributed by atoms with van der Waals surface area (Å²) in [7, 11) is -2.91. The molecule has 0 saturated heterocycles. The van der Waals surface area contributed by atoms with Crippen molar-refractivity contribution in [2.45, 2.75) is 13.3 Å². The van der Waals surface area contributed by atoms with E-state index in [0.717, 1.165) is 9.26 Å². The Bertz CT molecular complexity index is 476. The van der Waals surface area contributed by atoms with Gasteiger partial charge in [0, 0.05) is 26.6 Å². The fourth-order valence-corrected chi connectivity index (χ4v) is 3.69. The van der Waals surface area contributed by atoms with E-state index in [2.05, 4.69) is 27.9 Å². The molecule has 96 valence electrons. The Morgan fingerprint density at radius 3 is 2.65 bits per heavy atom. The first kappa shape index (κ1) is 15.0. The second-order valence-corrected chi connectivity index (χ2v) is 7.61. The number of nitrogens with one attached hydrogen (secondary N) is 1. The van der Waals surface area contributed by atoms with E-state index in [1.54, 1.807) is 6.07 Å². The van der Waals surface area contributed by atoms with Gasteiger partial charge in [0.2, 0.25) is 0 Å². The average Bonchev–Trinajstić information content (AvgIpc) is 2.21. The highest BCUT2D eigenvalue weighted by atomic mass is 127. The number of halogens is 2. The van der Waals surface area contributed by atoms with Crippen molar-refractivity contribution in [1.29, 1.82) is 0 Å². The molecule has 0 amide bonds. The minimum absolute atomic E-state index is 0.166. The molecule has 3 nitrogen and oxygen atoms in total. The van der Waals surface area contributed by atoms with Gasteiger partial charge in [0.15, 0.2) is 9.84 Å². The van der Waals surface area contributed by atoms with E-state index in [1.807, 2.05) is 19.1 Å². The van der Waals surface area contributed by atoms with Crippen molar-refractivity contribution in [3.05, 3.63) is 26.8 Å². The van der Waals surface area contributed by atoms with Crippen LogP contribution in [0.4, 0.5) is 5.69 Å². The summed E-state index contributed by atoms with van der Waals surface area (Å²) in [6.07, 6.45) is 0.667. The highest BCUT2D eigenvalue weighted by molar-refractivity contribution is 14.1. The van der Waals surface area contributed by atoms with Crippen molar-refractivity contribution in [2.75, 3.05) is 23.4 Å². The van der Waals surface area contributed by atoms with Crippen LogP contribution in [0.3, 0.4) is 0 Å². The van der Waals surface area contributed by atoms with Crippen LogP contribution < -0.4 is 5.32 Å². The molecule has 0 heterocycles. The Balaban J connectivity index is 2.51. The molecule has 1 N–H and O–H groups in total. The zero-order valence-electron chi connectivity index (χ0n) is 9.54. The van der Waals surface area contributed by atoms with Crippen molar-refractivity contribution in [1.82, 2.24) is 0 Å². The van der Waals surface area contributed by atoms with E-state index in [9.17, 15) is 8.42 Å². The first-order chi connectivity index (χ1) is 7.94. The molecular formula is C11H15ClINO2S. The Kier molecular flexibility index (Phi) is 6.02. The van der Waals surface area contributed by atoms with Gasteiger partial charge in [-0.2, -0.15) is 0 Å². The first-order valence-electron chi connectivity index (χ1n) is 5.34. The van der Waals surface area contributed by atoms with Gasteiger partial charge in [0.25, 0.3) is 0 Å². The Morgan fingerprint density at radius 2 is 2.06 bits per heavy atom. The summed E-state index contributed by atoms with van der Waals surface area (Å²) in [5, 5.41) is 3.79. The maximum absolute atomic E-state index is 11.5. The zero-order chi connectivity index (χ0) is 12.9. The third-order valence-electron chi connectivity index (χ3n) is 2.17. The highest BCUT2D eigenvalue weighted by Crippen LogP contribution is 2.21. The summed E-state index contributed by atoms with van der Waals surface area (Å²) in [5.41, 5.74) is 0.918. The van der Waals surface area contributed by atoms with Crippen LogP contribution in [0.5, 0.6) is 0 Å². The predicted molar refractivity (Wildman–Crippen MR) is 81.6 cm³/mol. The monoisotopic (exact) mass is 387 g/mol. The number of benzene rings is 1. The molecule has 0 radical (unpaired) electrons. The summed E-state index contributed by atoms with van der Waals surface area (Å²) >= 11 is 8.00. The lowest BCUT2D eigenvalue weighted by molar-refractivity contribution is 0.595. The maximum atomic E-state index is 11.5. The van der Waals surface area contributed by atoms with Gasteiger partial charge in [-0.15, -0.1) is 0 Å². The van der Waals surface area contributed by atoms with Gasteiger partial charge in [-0.3, -0.25) is 0 Å². The molecule has 0 spiro atoms. The van der Waals surface area contributed by atoms with Gasteiger partial charge >= 0.3 is 0 Å². The minimum atomic E-state index is -2.91. The second-order valence-electron chi connectivity index (χ2n) is 3.70. The van der Waals surface area contributed by atoms with Gasteiger partial charge in [0.1, 0.15) is 0 Å². The first-order valence-corrected chi connectivity index (χ1v) is 8.62. The van der Waals surface area contributed by atoms with E-state index in [0.29, 0.717) is 18.0 Å². The standard InChI is InChI=1S/C11H15ClINO2S/c1-2-6-17(15,16)7-5-14-11-4-3-9(12)8-10(11)13/h3-4,8,14H,2,5-7H2,1H3. The number of rotatable bonds is 6. The SMILES string of the molecule is CCCS(=O)(=O)CCNc1ccc(Cl)cc1I. The van der Waals surface area contributed by atoms with E-state index in [-0.39, 0.29) is 11.5 Å². The average molecular weight is 388 g/mol. The quantitative estimate of drug-likeness (QED) is 0.763. The van der Waals surface area contributed by atoms with E-state index < -0.39 is 9.84 Å². The second kappa shape index (κ2) is 6.80. The molecule has 0 unspecified atom stereocenters.